The van der Waals surface area contributed by atoms with Crippen molar-refractivity contribution < 1.29 is 23.0 Å². The van der Waals surface area contributed by atoms with Gasteiger partial charge < -0.3 is 14.8 Å². The maximum Gasteiger partial charge on any atom is 0.407 e. The number of rotatable bonds is 5. The van der Waals surface area contributed by atoms with Gasteiger partial charge in [0.05, 0.1) is 0 Å². The van der Waals surface area contributed by atoms with Crippen molar-refractivity contribution in [2.45, 2.75) is 51.4 Å². The maximum atomic E-state index is 13.7. The summed E-state index contributed by atoms with van der Waals surface area (Å²) in [5.41, 5.74) is 0.473. The van der Waals surface area contributed by atoms with E-state index in [1.54, 1.807) is 39.0 Å². The lowest BCUT2D eigenvalue weighted by Gasteiger charge is -2.19. The highest BCUT2D eigenvalue weighted by atomic mass is 19.1. The number of amides is 1. The third-order valence-electron chi connectivity index (χ3n) is 4.09. The Morgan fingerprint density at radius 1 is 1.30 bits per heavy atom. The minimum Gasteiger partial charge on any atom is -0.488 e. The van der Waals surface area contributed by atoms with Crippen LogP contribution >= 0.6 is 0 Å². The second-order valence-electron chi connectivity index (χ2n) is 7.52. The van der Waals surface area contributed by atoms with Crippen LogP contribution in [-0.2, 0) is 11.3 Å². The van der Waals surface area contributed by atoms with E-state index in [4.69, 9.17) is 9.47 Å². The fourth-order valence-electron chi connectivity index (χ4n) is 2.78. The zero-order chi connectivity index (χ0) is 19.6. The molecule has 1 aliphatic rings. The first kappa shape index (κ1) is 19.1. The van der Waals surface area contributed by atoms with Gasteiger partial charge in [-0.15, -0.1) is 0 Å². The molecule has 0 aliphatic heterocycles. The Balaban J connectivity index is 1.67. The molecule has 0 saturated heterocycles. The molecule has 1 saturated carbocycles. The summed E-state index contributed by atoms with van der Waals surface area (Å²) in [6.45, 7) is 5.31. The predicted octanol–water partition coefficient (Wildman–Crippen LogP) is 4.32. The molecular weight excluding hydrogens is 354 g/mol. The molecule has 1 heterocycles. The summed E-state index contributed by atoms with van der Waals surface area (Å²) in [7, 11) is 0. The van der Waals surface area contributed by atoms with Gasteiger partial charge in [-0.25, -0.2) is 14.2 Å². The largest absolute Gasteiger partial charge is 0.488 e. The number of nitrogens with zero attached hydrogens (tertiary/aromatic N) is 1. The number of nitrogens with one attached hydrogen (secondary N) is 1. The van der Waals surface area contributed by atoms with E-state index in [2.05, 4.69) is 10.3 Å². The number of aromatic nitrogens is 1. The minimum absolute atomic E-state index is 0.00753. The van der Waals surface area contributed by atoms with Crippen molar-refractivity contribution in [1.82, 2.24) is 10.3 Å². The molecule has 7 heteroatoms. The van der Waals surface area contributed by atoms with Crippen molar-refractivity contribution in [2.75, 3.05) is 0 Å². The van der Waals surface area contributed by atoms with Gasteiger partial charge in [0.1, 0.15) is 23.8 Å². The fourth-order valence-corrected chi connectivity index (χ4v) is 2.78. The van der Waals surface area contributed by atoms with Crippen LogP contribution < -0.4 is 10.1 Å². The van der Waals surface area contributed by atoms with Gasteiger partial charge in [0.15, 0.2) is 0 Å². The van der Waals surface area contributed by atoms with Gasteiger partial charge in [-0.1, -0.05) is 6.07 Å². The maximum absolute atomic E-state index is 13.7. The van der Waals surface area contributed by atoms with Gasteiger partial charge >= 0.3 is 6.09 Å². The quantitative estimate of drug-likeness (QED) is 0.790. The first-order chi connectivity index (χ1) is 12.7. The highest BCUT2D eigenvalue weighted by molar-refractivity contribution is 5.69. The Morgan fingerprint density at radius 3 is 2.78 bits per heavy atom. The van der Waals surface area contributed by atoms with Crippen molar-refractivity contribution in [3.63, 3.8) is 0 Å². The second-order valence-corrected chi connectivity index (χ2v) is 7.52. The number of benzene rings is 1. The predicted molar refractivity (Wildman–Crippen MR) is 95.4 cm³/mol. The van der Waals surface area contributed by atoms with Gasteiger partial charge in [0.25, 0.3) is 0 Å². The van der Waals surface area contributed by atoms with Gasteiger partial charge in [-0.05, 0) is 51.0 Å². The molecule has 1 amide bonds. The third kappa shape index (κ3) is 5.15. The van der Waals surface area contributed by atoms with E-state index < -0.39 is 23.5 Å². The molecule has 2 aromatic rings. The van der Waals surface area contributed by atoms with E-state index in [9.17, 15) is 13.6 Å². The number of hydrogen-bond acceptors (Lipinski definition) is 4. The average molecular weight is 376 g/mol. The lowest BCUT2D eigenvalue weighted by Crippen LogP contribution is -2.34. The highest BCUT2D eigenvalue weighted by Crippen LogP contribution is 2.45. The molecule has 1 N–H and O–H groups in total. The van der Waals surface area contributed by atoms with E-state index in [1.165, 1.54) is 18.3 Å². The number of ether oxygens (including phenoxy) is 2. The summed E-state index contributed by atoms with van der Waals surface area (Å²) in [5.74, 6) is -0.743. The van der Waals surface area contributed by atoms with Crippen molar-refractivity contribution in [3.8, 4) is 5.75 Å². The first-order valence-electron chi connectivity index (χ1n) is 8.74. The number of alkyl carbamates (subject to hydrolysis) is 1. The molecule has 5 nitrogen and oxygen atoms in total. The SMILES string of the molecule is CC(C)(C)OC(=O)NC1CC1c1ccc(F)cc1OCc1cccnc1F. The van der Waals surface area contributed by atoms with Crippen molar-refractivity contribution in [3.05, 3.63) is 59.4 Å². The van der Waals surface area contributed by atoms with Crippen LogP contribution in [0.3, 0.4) is 0 Å². The molecule has 1 fully saturated rings. The minimum atomic E-state index is -0.619. The van der Waals surface area contributed by atoms with Crippen LogP contribution in [0.2, 0.25) is 0 Å². The number of pyridine rings is 1. The van der Waals surface area contributed by atoms with E-state index in [0.29, 0.717) is 12.2 Å². The molecule has 0 radical (unpaired) electrons. The van der Waals surface area contributed by atoms with Gasteiger partial charge in [-0.2, -0.15) is 4.39 Å². The number of carbonyl (C=O) groups is 1. The molecule has 1 aromatic heterocycles. The van der Waals surface area contributed by atoms with Crippen molar-refractivity contribution in [2.24, 2.45) is 0 Å². The van der Waals surface area contributed by atoms with Crippen LogP contribution in [0.15, 0.2) is 36.5 Å². The smallest absolute Gasteiger partial charge is 0.407 e. The summed E-state index contributed by atoms with van der Waals surface area (Å²) in [6.07, 6.45) is 1.56. The average Bonchev–Trinajstić information content (AvgIpc) is 3.31. The van der Waals surface area contributed by atoms with Crippen molar-refractivity contribution in [1.29, 1.82) is 0 Å². The van der Waals surface area contributed by atoms with Crippen LogP contribution in [0.4, 0.5) is 13.6 Å². The molecule has 1 aliphatic carbocycles. The van der Waals surface area contributed by atoms with E-state index in [0.717, 1.165) is 5.56 Å². The summed E-state index contributed by atoms with van der Waals surface area (Å²) in [6, 6.07) is 7.30. The van der Waals surface area contributed by atoms with Crippen LogP contribution in [0.5, 0.6) is 5.75 Å². The Hall–Kier alpha value is -2.70. The molecule has 27 heavy (non-hydrogen) atoms. The lowest BCUT2D eigenvalue weighted by atomic mass is 10.1. The van der Waals surface area contributed by atoms with Crippen LogP contribution in [-0.4, -0.2) is 22.7 Å². The molecule has 2 unspecified atom stereocenters. The monoisotopic (exact) mass is 376 g/mol. The highest BCUT2D eigenvalue weighted by Gasteiger charge is 2.42. The first-order valence-corrected chi connectivity index (χ1v) is 8.74. The summed E-state index contributed by atoms with van der Waals surface area (Å²) in [5, 5.41) is 2.80. The van der Waals surface area contributed by atoms with Crippen molar-refractivity contribution >= 4 is 6.09 Å². The summed E-state index contributed by atoms with van der Waals surface area (Å²) < 4.78 is 38.2. The van der Waals surface area contributed by atoms with Crippen LogP contribution in [0, 0.1) is 11.8 Å². The van der Waals surface area contributed by atoms with Gasteiger partial charge in [0, 0.05) is 29.8 Å². The molecule has 1 aromatic carbocycles. The molecule has 2 atom stereocenters. The lowest BCUT2D eigenvalue weighted by molar-refractivity contribution is 0.0522. The molecule has 0 bridgehead atoms. The zero-order valence-corrected chi connectivity index (χ0v) is 15.5. The summed E-state index contributed by atoms with van der Waals surface area (Å²) >= 11 is 0. The van der Waals surface area contributed by atoms with E-state index in [-0.39, 0.29) is 24.1 Å². The normalized spacial score (nSPS) is 18.7. The molecule has 144 valence electrons. The second kappa shape index (κ2) is 7.50. The van der Waals surface area contributed by atoms with E-state index >= 15 is 0 Å². The third-order valence-corrected chi connectivity index (χ3v) is 4.09. The van der Waals surface area contributed by atoms with Gasteiger partial charge in [0.2, 0.25) is 5.95 Å². The standard InChI is InChI=1S/C20H22F2N2O3/c1-20(2,3)27-19(25)24-16-10-15(16)14-7-6-13(21)9-17(14)26-11-12-5-4-8-23-18(12)22/h4-9,15-16H,10-11H2,1-3H3,(H,24,25). The number of carbonyl (C=O) groups excluding carboxylic acids is 1. The Kier molecular flexibility index (Phi) is 5.30. The molecule has 3 rings (SSSR count). The van der Waals surface area contributed by atoms with Crippen LogP contribution in [0.25, 0.3) is 0 Å². The summed E-state index contributed by atoms with van der Waals surface area (Å²) in [4.78, 5) is 15.5. The zero-order valence-electron chi connectivity index (χ0n) is 15.5. The number of hydrogen-bond donors (Lipinski definition) is 1. The van der Waals surface area contributed by atoms with Gasteiger partial charge in [-0.3, -0.25) is 0 Å². The Labute approximate surface area is 156 Å². The topological polar surface area (TPSA) is 60.5 Å². The fraction of sp³-hybridized carbons (Fsp3) is 0.400. The van der Waals surface area contributed by atoms with E-state index in [1.807, 2.05) is 0 Å². The Bertz CT molecular complexity index is 836. The molecular formula is C20H22F2N2O3. The number of halogens is 2. The van der Waals surface area contributed by atoms with Crippen LogP contribution in [0.1, 0.15) is 44.2 Å². The Morgan fingerprint density at radius 2 is 2.07 bits per heavy atom. The molecule has 0 spiro atoms.